The summed E-state index contributed by atoms with van der Waals surface area (Å²) in [5, 5.41) is 7.12. The normalized spacial score (nSPS) is 10.9. The summed E-state index contributed by atoms with van der Waals surface area (Å²) in [6.07, 6.45) is 3.71. The van der Waals surface area contributed by atoms with Crippen LogP contribution in [0.2, 0.25) is 0 Å². The highest BCUT2D eigenvalue weighted by Gasteiger charge is 2.10. The summed E-state index contributed by atoms with van der Waals surface area (Å²) in [5.74, 6) is 1.00. The van der Waals surface area contributed by atoms with Crippen molar-refractivity contribution >= 4 is 5.91 Å². The minimum atomic E-state index is -0.128. The van der Waals surface area contributed by atoms with Crippen LogP contribution >= 0.6 is 0 Å². The molecule has 5 nitrogen and oxygen atoms in total. The van der Waals surface area contributed by atoms with E-state index in [-0.39, 0.29) is 12.5 Å². The number of rotatable bonds is 8. The van der Waals surface area contributed by atoms with Crippen LogP contribution in [0.5, 0.6) is 5.75 Å². The lowest BCUT2D eigenvalue weighted by atomic mass is 10.0. The minimum Gasteiger partial charge on any atom is -0.483 e. The summed E-state index contributed by atoms with van der Waals surface area (Å²) in [7, 11) is 0. The number of hydrogen-bond donors (Lipinski definition) is 1. The van der Waals surface area contributed by atoms with E-state index in [2.05, 4.69) is 48.5 Å². The van der Waals surface area contributed by atoms with Crippen LogP contribution in [0.1, 0.15) is 42.0 Å². The highest BCUT2D eigenvalue weighted by atomic mass is 16.5. The van der Waals surface area contributed by atoms with Crippen LogP contribution in [0.15, 0.2) is 60.9 Å². The average Bonchev–Trinajstić information content (AvgIpc) is 3.18. The summed E-state index contributed by atoms with van der Waals surface area (Å²) in [5.41, 5.74) is 4.46. The SMILES string of the molecule is Cc1ccc(C(C)C)c(OCC(=O)NCc2ccc(Cn3cccn3)cc2)c1. The molecule has 1 amide bonds. The van der Waals surface area contributed by atoms with Crippen molar-refractivity contribution in [3.8, 4) is 5.75 Å². The topological polar surface area (TPSA) is 56.1 Å². The van der Waals surface area contributed by atoms with Crippen LogP contribution in [-0.2, 0) is 17.9 Å². The Morgan fingerprint density at radius 1 is 1.14 bits per heavy atom. The zero-order chi connectivity index (χ0) is 19.9. The van der Waals surface area contributed by atoms with Gasteiger partial charge in [-0.25, -0.2) is 0 Å². The third kappa shape index (κ3) is 5.46. The van der Waals surface area contributed by atoms with E-state index in [0.717, 1.165) is 29.0 Å². The van der Waals surface area contributed by atoms with E-state index in [9.17, 15) is 4.79 Å². The second-order valence-corrected chi connectivity index (χ2v) is 7.28. The Hall–Kier alpha value is -3.08. The van der Waals surface area contributed by atoms with Crippen LogP contribution in [0.4, 0.5) is 0 Å². The van der Waals surface area contributed by atoms with Gasteiger partial charge in [0.2, 0.25) is 0 Å². The van der Waals surface area contributed by atoms with Gasteiger partial charge in [-0.2, -0.15) is 5.10 Å². The maximum atomic E-state index is 12.2. The molecule has 0 aliphatic heterocycles. The van der Waals surface area contributed by atoms with Crippen molar-refractivity contribution in [3.05, 3.63) is 83.2 Å². The molecule has 0 atom stereocenters. The molecular formula is C23H27N3O2. The molecule has 3 aromatic rings. The van der Waals surface area contributed by atoms with Crippen LogP contribution in [0, 0.1) is 6.92 Å². The van der Waals surface area contributed by atoms with E-state index >= 15 is 0 Å². The smallest absolute Gasteiger partial charge is 0.258 e. The molecular weight excluding hydrogens is 350 g/mol. The molecule has 0 saturated carbocycles. The van der Waals surface area contributed by atoms with Crippen LogP contribution in [-0.4, -0.2) is 22.3 Å². The van der Waals surface area contributed by atoms with Gasteiger partial charge in [0.15, 0.2) is 6.61 Å². The quantitative estimate of drug-likeness (QED) is 0.644. The van der Waals surface area contributed by atoms with Gasteiger partial charge >= 0.3 is 0 Å². The fraction of sp³-hybridized carbons (Fsp3) is 0.304. The number of nitrogens with zero attached hydrogens (tertiary/aromatic N) is 2. The molecule has 146 valence electrons. The largest absolute Gasteiger partial charge is 0.483 e. The standard InChI is InChI=1S/C23H27N3O2/c1-17(2)21-10-5-18(3)13-22(21)28-16-23(27)24-14-19-6-8-20(9-7-19)15-26-12-4-11-25-26/h4-13,17H,14-16H2,1-3H3,(H,24,27). The first-order valence-electron chi connectivity index (χ1n) is 9.56. The van der Waals surface area contributed by atoms with Crippen molar-refractivity contribution in [2.24, 2.45) is 0 Å². The number of aromatic nitrogens is 2. The fourth-order valence-corrected chi connectivity index (χ4v) is 2.98. The van der Waals surface area contributed by atoms with Gasteiger partial charge in [0.25, 0.3) is 5.91 Å². The number of nitrogens with one attached hydrogen (secondary N) is 1. The first-order valence-corrected chi connectivity index (χ1v) is 9.56. The van der Waals surface area contributed by atoms with E-state index in [1.54, 1.807) is 6.20 Å². The molecule has 0 unspecified atom stereocenters. The zero-order valence-corrected chi connectivity index (χ0v) is 16.7. The monoisotopic (exact) mass is 377 g/mol. The number of aryl methyl sites for hydroxylation is 1. The summed E-state index contributed by atoms with van der Waals surface area (Å²) in [6.45, 7) is 7.49. The Labute approximate surface area is 166 Å². The molecule has 1 heterocycles. The van der Waals surface area contributed by atoms with Crippen molar-refractivity contribution in [1.29, 1.82) is 0 Å². The summed E-state index contributed by atoms with van der Waals surface area (Å²) in [6, 6.07) is 16.2. The first kappa shape index (κ1) is 19.7. The number of hydrogen-bond acceptors (Lipinski definition) is 3. The van der Waals surface area contributed by atoms with Gasteiger partial charge in [0.05, 0.1) is 6.54 Å². The molecule has 1 N–H and O–H groups in total. The average molecular weight is 377 g/mol. The van der Waals surface area contributed by atoms with E-state index in [1.165, 1.54) is 5.56 Å². The second kappa shape index (κ2) is 9.22. The summed E-state index contributed by atoms with van der Waals surface area (Å²) < 4.78 is 7.67. The zero-order valence-electron chi connectivity index (χ0n) is 16.7. The van der Waals surface area contributed by atoms with E-state index in [1.807, 2.05) is 42.1 Å². The van der Waals surface area contributed by atoms with Gasteiger partial charge < -0.3 is 10.1 Å². The Kier molecular flexibility index (Phi) is 6.48. The predicted molar refractivity (Wildman–Crippen MR) is 110 cm³/mol. The number of benzene rings is 2. The molecule has 0 radical (unpaired) electrons. The van der Waals surface area contributed by atoms with Gasteiger partial charge in [0, 0.05) is 18.9 Å². The first-order chi connectivity index (χ1) is 13.5. The van der Waals surface area contributed by atoms with Crippen LogP contribution < -0.4 is 10.1 Å². The van der Waals surface area contributed by atoms with Gasteiger partial charge in [-0.05, 0) is 47.2 Å². The molecule has 28 heavy (non-hydrogen) atoms. The Morgan fingerprint density at radius 3 is 2.57 bits per heavy atom. The number of ether oxygens (including phenoxy) is 1. The lowest BCUT2D eigenvalue weighted by molar-refractivity contribution is -0.123. The molecule has 5 heteroatoms. The summed E-state index contributed by atoms with van der Waals surface area (Å²) >= 11 is 0. The maximum absolute atomic E-state index is 12.2. The lowest BCUT2D eigenvalue weighted by Crippen LogP contribution is -2.28. The molecule has 0 aliphatic rings. The van der Waals surface area contributed by atoms with Gasteiger partial charge in [-0.3, -0.25) is 9.48 Å². The molecule has 0 saturated heterocycles. The van der Waals surface area contributed by atoms with E-state index < -0.39 is 0 Å². The molecule has 0 aliphatic carbocycles. The Balaban J connectivity index is 1.49. The molecule has 3 rings (SSSR count). The molecule has 1 aromatic heterocycles. The minimum absolute atomic E-state index is 0.0144. The van der Waals surface area contributed by atoms with E-state index in [0.29, 0.717) is 12.5 Å². The van der Waals surface area contributed by atoms with Crippen molar-refractivity contribution in [2.45, 2.75) is 39.8 Å². The predicted octanol–water partition coefficient (Wildman–Crippen LogP) is 4.06. The lowest BCUT2D eigenvalue weighted by Gasteiger charge is -2.15. The maximum Gasteiger partial charge on any atom is 0.258 e. The van der Waals surface area contributed by atoms with Crippen molar-refractivity contribution in [2.75, 3.05) is 6.61 Å². The third-order valence-electron chi connectivity index (χ3n) is 4.57. The van der Waals surface area contributed by atoms with Crippen molar-refractivity contribution in [3.63, 3.8) is 0 Å². The number of carbonyl (C=O) groups is 1. The van der Waals surface area contributed by atoms with Crippen molar-refractivity contribution < 1.29 is 9.53 Å². The van der Waals surface area contributed by atoms with Gasteiger partial charge in [-0.15, -0.1) is 0 Å². The summed E-state index contributed by atoms with van der Waals surface area (Å²) in [4.78, 5) is 12.2. The second-order valence-electron chi connectivity index (χ2n) is 7.28. The molecule has 2 aromatic carbocycles. The van der Waals surface area contributed by atoms with Gasteiger partial charge in [-0.1, -0.05) is 50.2 Å². The van der Waals surface area contributed by atoms with Gasteiger partial charge in [0.1, 0.15) is 5.75 Å². The molecule has 0 bridgehead atoms. The Morgan fingerprint density at radius 2 is 1.89 bits per heavy atom. The van der Waals surface area contributed by atoms with E-state index in [4.69, 9.17) is 4.74 Å². The van der Waals surface area contributed by atoms with Crippen molar-refractivity contribution in [1.82, 2.24) is 15.1 Å². The Bertz CT molecular complexity index is 900. The van der Waals surface area contributed by atoms with Crippen LogP contribution in [0.3, 0.4) is 0 Å². The molecule has 0 spiro atoms. The fourth-order valence-electron chi connectivity index (χ4n) is 2.98. The number of amides is 1. The highest BCUT2D eigenvalue weighted by Crippen LogP contribution is 2.27. The third-order valence-corrected chi connectivity index (χ3v) is 4.57. The number of carbonyl (C=O) groups excluding carboxylic acids is 1. The highest BCUT2D eigenvalue weighted by molar-refractivity contribution is 5.77. The van der Waals surface area contributed by atoms with Crippen LogP contribution in [0.25, 0.3) is 0 Å². The molecule has 0 fully saturated rings.